The van der Waals surface area contributed by atoms with Crippen LogP contribution in [0.2, 0.25) is 0 Å². The average molecular weight is 341 g/mol. The maximum atomic E-state index is 2.46. The van der Waals surface area contributed by atoms with Gasteiger partial charge in [0.15, 0.2) is 0 Å². The molecule has 0 radical (unpaired) electrons. The number of rotatable bonds is 2. The Balaban J connectivity index is 0.00000108. The molecule has 0 aromatic heterocycles. The molecule has 0 spiro atoms. The van der Waals surface area contributed by atoms with Gasteiger partial charge in [0, 0.05) is 18.4 Å². The molecule has 2 heterocycles. The van der Waals surface area contributed by atoms with Crippen LogP contribution >= 0.6 is 0 Å². The molecule has 92 valence electrons. The molecule has 2 heteroatoms. The number of halogens is 1. The van der Waals surface area contributed by atoms with Crippen molar-refractivity contribution in [1.82, 2.24) is 0 Å². The van der Waals surface area contributed by atoms with Crippen molar-refractivity contribution in [3.05, 3.63) is 48.0 Å². The molecule has 3 atom stereocenters. The first kappa shape index (κ1) is 13.1. The Bertz CT molecular complexity index is 385. The highest BCUT2D eigenvalue weighted by Crippen LogP contribution is 2.37. The number of quaternary nitrogens is 1. The number of hydrogen-bond acceptors (Lipinski definition) is 0. The summed E-state index contributed by atoms with van der Waals surface area (Å²) < 4.78 is 1.21. The van der Waals surface area contributed by atoms with Crippen molar-refractivity contribution in [2.24, 2.45) is 0 Å². The van der Waals surface area contributed by atoms with Crippen molar-refractivity contribution >= 4 is 0 Å². The average Bonchev–Trinajstić information content (AvgIpc) is 2.52. The minimum Gasteiger partial charge on any atom is -1.00 e. The first-order valence-electron chi connectivity index (χ1n) is 6.36. The van der Waals surface area contributed by atoms with Crippen LogP contribution in [0.1, 0.15) is 24.8 Å². The van der Waals surface area contributed by atoms with Gasteiger partial charge in [-0.15, -0.1) is 0 Å². The largest absolute Gasteiger partial charge is 1.00 e. The fourth-order valence-corrected chi connectivity index (χ4v) is 3.43. The van der Waals surface area contributed by atoms with Gasteiger partial charge < -0.3 is 28.5 Å². The van der Waals surface area contributed by atoms with Crippen molar-refractivity contribution in [2.45, 2.75) is 37.9 Å². The summed E-state index contributed by atoms with van der Waals surface area (Å²) in [5.41, 5.74) is 1.48. The summed E-state index contributed by atoms with van der Waals surface area (Å²) in [6.07, 6.45) is 9.07. The number of hydrogen-bond donors (Lipinski definition) is 0. The maximum Gasteiger partial charge on any atom is 0.108 e. The van der Waals surface area contributed by atoms with Gasteiger partial charge in [-0.25, -0.2) is 0 Å². The number of likely N-dealkylation sites (N-methyl/N-ethyl adjacent to an activating group) is 1. The van der Waals surface area contributed by atoms with E-state index in [4.69, 9.17) is 0 Å². The van der Waals surface area contributed by atoms with E-state index in [-0.39, 0.29) is 24.0 Å². The Morgan fingerprint density at radius 2 is 1.65 bits per heavy atom. The maximum absolute atomic E-state index is 2.46. The minimum absolute atomic E-state index is 0. The first-order valence-corrected chi connectivity index (χ1v) is 6.36. The van der Waals surface area contributed by atoms with E-state index in [9.17, 15) is 0 Å². The molecule has 0 saturated carbocycles. The quantitative estimate of drug-likeness (QED) is 0.408. The molecule has 1 fully saturated rings. The van der Waals surface area contributed by atoms with Gasteiger partial charge in [-0.05, 0) is 18.6 Å². The fourth-order valence-electron chi connectivity index (χ4n) is 3.43. The first-order chi connectivity index (χ1) is 7.79. The lowest BCUT2D eigenvalue weighted by molar-refractivity contribution is -0.956. The number of piperidine rings is 1. The highest BCUT2D eigenvalue weighted by Gasteiger charge is 2.44. The predicted molar refractivity (Wildman–Crippen MR) is 66.9 cm³/mol. The van der Waals surface area contributed by atoms with Crippen LogP contribution in [0.3, 0.4) is 0 Å². The van der Waals surface area contributed by atoms with E-state index in [2.05, 4.69) is 49.5 Å². The zero-order valence-electron chi connectivity index (χ0n) is 10.3. The van der Waals surface area contributed by atoms with Gasteiger partial charge in [0.2, 0.25) is 0 Å². The van der Waals surface area contributed by atoms with Crippen molar-refractivity contribution in [3.63, 3.8) is 0 Å². The third-order valence-electron chi connectivity index (χ3n) is 4.44. The minimum atomic E-state index is 0. The zero-order valence-corrected chi connectivity index (χ0v) is 12.5. The van der Waals surface area contributed by atoms with E-state index >= 15 is 0 Å². The molecule has 0 amide bonds. The van der Waals surface area contributed by atoms with E-state index in [1.165, 1.54) is 35.9 Å². The number of fused-ring (bicyclic) bond motifs is 2. The molecule has 0 aliphatic carbocycles. The second-order valence-electron chi connectivity index (χ2n) is 5.44. The number of benzene rings is 1. The molecule has 3 rings (SSSR count). The molecule has 0 N–H and O–H groups in total. The van der Waals surface area contributed by atoms with Gasteiger partial charge >= 0.3 is 0 Å². The lowest BCUT2D eigenvalue weighted by Gasteiger charge is -2.45. The van der Waals surface area contributed by atoms with Gasteiger partial charge in [0.1, 0.15) is 18.6 Å². The monoisotopic (exact) mass is 341 g/mol. The molecule has 1 aromatic carbocycles. The second-order valence-corrected chi connectivity index (χ2v) is 5.44. The van der Waals surface area contributed by atoms with Crippen LogP contribution in [-0.4, -0.2) is 23.6 Å². The van der Waals surface area contributed by atoms with E-state index in [1.807, 2.05) is 0 Å². The lowest BCUT2D eigenvalue weighted by Crippen LogP contribution is -3.00. The van der Waals surface area contributed by atoms with Crippen LogP contribution < -0.4 is 24.0 Å². The Morgan fingerprint density at radius 3 is 2.24 bits per heavy atom. The van der Waals surface area contributed by atoms with Gasteiger partial charge in [0.05, 0.1) is 7.05 Å². The summed E-state index contributed by atoms with van der Waals surface area (Å²) in [6, 6.07) is 12.5. The summed E-state index contributed by atoms with van der Waals surface area (Å²) >= 11 is 0. The highest BCUT2D eigenvalue weighted by molar-refractivity contribution is 5.15. The number of nitrogens with zero attached hydrogens (tertiary/aromatic N) is 1. The van der Waals surface area contributed by atoms with Gasteiger partial charge in [-0.3, -0.25) is 0 Å². The standard InChI is InChI=1S/C15H20N.HI/c1-16(12-13-6-3-2-4-7-13)14-8-5-9-15(16)11-10-14;/h2-4,6-7,10-11,14-15H,5,8-9,12H2,1H3;1H/q+1;/p-1/t14-,15+,16?;. The topological polar surface area (TPSA) is 0 Å². The van der Waals surface area contributed by atoms with Crippen molar-refractivity contribution in [2.75, 3.05) is 7.05 Å². The Morgan fingerprint density at radius 1 is 1.06 bits per heavy atom. The SMILES string of the molecule is C[N+]1(Cc2ccccc2)[C@@H]2C=C[C@H]1CCC2.[I-]. The van der Waals surface area contributed by atoms with Crippen LogP contribution in [0.25, 0.3) is 0 Å². The third kappa shape index (κ3) is 2.29. The van der Waals surface area contributed by atoms with Crippen molar-refractivity contribution < 1.29 is 28.5 Å². The summed E-state index contributed by atoms with van der Waals surface area (Å²) in [5.74, 6) is 0. The predicted octanol–water partition coefficient (Wildman–Crippen LogP) is 0.128. The molecular weight excluding hydrogens is 321 g/mol. The van der Waals surface area contributed by atoms with Gasteiger partial charge in [0.25, 0.3) is 0 Å². The summed E-state index contributed by atoms with van der Waals surface area (Å²) in [7, 11) is 2.43. The molecule has 1 aromatic rings. The molecule has 1 nitrogen and oxygen atoms in total. The molecule has 1 saturated heterocycles. The van der Waals surface area contributed by atoms with Crippen LogP contribution in [0, 0.1) is 0 Å². The Hall–Kier alpha value is -0.350. The van der Waals surface area contributed by atoms with E-state index in [0.29, 0.717) is 0 Å². The van der Waals surface area contributed by atoms with Crippen LogP contribution in [0.5, 0.6) is 0 Å². The van der Waals surface area contributed by atoms with Crippen LogP contribution in [0.15, 0.2) is 42.5 Å². The summed E-state index contributed by atoms with van der Waals surface area (Å²) in [5, 5.41) is 0. The van der Waals surface area contributed by atoms with E-state index < -0.39 is 0 Å². The fraction of sp³-hybridized carbons (Fsp3) is 0.467. The molecule has 2 bridgehead atoms. The Kier molecular flexibility index (Phi) is 3.93. The normalized spacial score (nSPS) is 34.4. The van der Waals surface area contributed by atoms with Crippen LogP contribution in [0.4, 0.5) is 0 Å². The molecule has 2 aliphatic rings. The molecular formula is C15H20IN. The lowest BCUT2D eigenvalue weighted by atomic mass is 9.97. The van der Waals surface area contributed by atoms with Crippen molar-refractivity contribution in [1.29, 1.82) is 0 Å². The zero-order chi connectivity index (χ0) is 11.0. The highest BCUT2D eigenvalue weighted by atomic mass is 127. The summed E-state index contributed by atoms with van der Waals surface area (Å²) in [6.45, 7) is 1.18. The Labute approximate surface area is 121 Å². The smallest absolute Gasteiger partial charge is 0.108 e. The van der Waals surface area contributed by atoms with Crippen LogP contribution in [-0.2, 0) is 6.54 Å². The van der Waals surface area contributed by atoms with E-state index in [1.54, 1.807) is 0 Å². The molecule has 1 unspecified atom stereocenters. The van der Waals surface area contributed by atoms with E-state index in [0.717, 1.165) is 12.1 Å². The van der Waals surface area contributed by atoms with Gasteiger partial charge in [-0.2, -0.15) is 0 Å². The third-order valence-corrected chi connectivity index (χ3v) is 4.44. The van der Waals surface area contributed by atoms with Crippen molar-refractivity contribution in [3.8, 4) is 0 Å². The second kappa shape index (κ2) is 5.11. The molecule has 17 heavy (non-hydrogen) atoms. The molecule has 2 aliphatic heterocycles. The summed E-state index contributed by atoms with van der Waals surface area (Å²) in [4.78, 5) is 0. The van der Waals surface area contributed by atoms with Gasteiger partial charge in [-0.1, -0.05) is 30.3 Å².